The standard InChI is InChI=1S/C15H19F2N3O2S/c1-9(6-18-13(21)10-4-15(16,17)5-10)14(22)20-3-2-12-11(7-20)19-8-23-12/h8-10H,2-7H2,1H3,(H,18,21). The van der Waals surface area contributed by atoms with E-state index in [2.05, 4.69) is 10.3 Å². The van der Waals surface area contributed by atoms with Gasteiger partial charge in [-0.25, -0.2) is 13.8 Å². The molecule has 1 aromatic rings. The summed E-state index contributed by atoms with van der Waals surface area (Å²) in [5.74, 6) is -4.12. The van der Waals surface area contributed by atoms with Crippen molar-refractivity contribution >= 4 is 23.2 Å². The van der Waals surface area contributed by atoms with Gasteiger partial charge in [0, 0.05) is 43.1 Å². The van der Waals surface area contributed by atoms with Gasteiger partial charge in [-0.1, -0.05) is 6.92 Å². The second kappa shape index (κ2) is 6.14. The fourth-order valence-electron chi connectivity index (χ4n) is 2.95. The number of nitrogens with one attached hydrogen (secondary N) is 1. The van der Waals surface area contributed by atoms with E-state index < -0.39 is 11.8 Å². The van der Waals surface area contributed by atoms with E-state index in [0.717, 1.165) is 12.1 Å². The molecule has 1 aliphatic carbocycles. The van der Waals surface area contributed by atoms with E-state index in [1.165, 1.54) is 4.88 Å². The van der Waals surface area contributed by atoms with Gasteiger partial charge in [0.15, 0.2) is 0 Å². The molecule has 1 atom stereocenters. The van der Waals surface area contributed by atoms with Crippen LogP contribution in [0.15, 0.2) is 5.51 Å². The average Bonchev–Trinajstić information content (AvgIpc) is 2.96. The highest BCUT2D eigenvalue weighted by atomic mass is 32.1. The first-order valence-electron chi connectivity index (χ1n) is 7.71. The maximum atomic E-state index is 12.8. The number of nitrogens with zero attached hydrogens (tertiary/aromatic N) is 2. The summed E-state index contributed by atoms with van der Waals surface area (Å²) in [4.78, 5) is 31.4. The molecule has 2 amide bonds. The van der Waals surface area contributed by atoms with Gasteiger partial charge in [-0.3, -0.25) is 9.59 Å². The molecular formula is C15H19F2N3O2S. The van der Waals surface area contributed by atoms with E-state index in [9.17, 15) is 18.4 Å². The SMILES string of the molecule is CC(CNC(=O)C1CC(F)(F)C1)C(=O)N1CCc2scnc2C1. The Morgan fingerprint density at radius 3 is 2.96 bits per heavy atom. The van der Waals surface area contributed by atoms with Crippen LogP contribution in [0.4, 0.5) is 8.78 Å². The predicted molar refractivity (Wildman–Crippen MR) is 81.1 cm³/mol. The molecule has 23 heavy (non-hydrogen) atoms. The fraction of sp³-hybridized carbons (Fsp3) is 0.667. The first-order valence-corrected chi connectivity index (χ1v) is 8.59. The van der Waals surface area contributed by atoms with Crippen molar-refractivity contribution in [2.75, 3.05) is 13.1 Å². The number of hydrogen-bond donors (Lipinski definition) is 1. The van der Waals surface area contributed by atoms with Crippen LogP contribution in [0.3, 0.4) is 0 Å². The molecule has 126 valence electrons. The van der Waals surface area contributed by atoms with Crippen molar-refractivity contribution in [2.45, 2.75) is 38.7 Å². The molecule has 1 aromatic heterocycles. The van der Waals surface area contributed by atoms with Crippen LogP contribution in [0.5, 0.6) is 0 Å². The minimum absolute atomic E-state index is 0.0390. The molecule has 1 N–H and O–H groups in total. The molecular weight excluding hydrogens is 324 g/mol. The Hall–Kier alpha value is -1.57. The molecule has 0 bridgehead atoms. The minimum atomic E-state index is -2.71. The van der Waals surface area contributed by atoms with E-state index in [1.807, 2.05) is 0 Å². The summed E-state index contributed by atoms with van der Waals surface area (Å²) in [7, 11) is 0. The number of fused-ring (bicyclic) bond motifs is 1. The molecule has 3 rings (SSSR count). The van der Waals surface area contributed by atoms with Crippen LogP contribution in [0.2, 0.25) is 0 Å². The molecule has 0 spiro atoms. The third-order valence-corrected chi connectivity index (χ3v) is 5.39. The van der Waals surface area contributed by atoms with Gasteiger partial charge in [-0.05, 0) is 0 Å². The summed E-state index contributed by atoms with van der Waals surface area (Å²) in [5, 5.41) is 2.62. The number of carbonyl (C=O) groups excluding carboxylic acids is 2. The van der Waals surface area contributed by atoms with Crippen molar-refractivity contribution in [3.8, 4) is 0 Å². The van der Waals surface area contributed by atoms with Gasteiger partial charge in [0.05, 0.1) is 23.7 Å². The molecule has 1 unspecified atom stereocenters. The van der Waals surface area contributed by atoms with Crippen molar-refractivity contribution in [3.63, 3.8) is 0 Å². The first kappa shape index (κ1) is 16.3. The number of alkyl halides is 2. The van der Waals surface area contributed by atoms with E-state index >= 15 is 0 Å². The number of amides is 2. The van der Waals surface area contributed by atoms with E-state index in [-0.39, 0.29) is 37.1 Å². The van der Waals surface area contributed by atoms with Crippen molar-refractivity contribution < 1.29 is 18.4 Å². The summed E-state index contributed by atoms with van der Waals surface area (Å²) in [6, 6.07) is 0. The lowest BCUT2D eigenvalue weighted by molar-refractivity contribution is -0.150. The monoisotopic (exact) mass is 343 g/mol. The van der Waals surface area contributed by atoms with Crippen LogP contribution in [0.1, 0.15) is 30.3 Å². The van der Waals surface area contributed by atoms with Crippen LogP contribution in [-0.2, 0) is 22.6 Å². The molecule has 8 heteroatoms. The highest BCUT2D eigenvalue weighted by Gasteiger charge is 2.48. The van der Waals surface area contributed by atoms with Crippen molar-refractivity contribution in [3.05, 3.63) is 16.1 Å². The van der Waals surface area contributed by atoms with Gasteiger partial charge in [0.2, 0.25) is 17.7 Å². The number of carbonyl (C=O) groups is 2. The van der Waals surface area contributed by atoms with Crippen molar-refractivity contribution in [1.82, 2.24) is 15.2 Å². The number of hydrogen-bond acceptors (Lipinski definition) is 4. The maximum Gasteiger partial charge on any atom is 0.249 e. The Morgan fingerprint density at radius 2 is 2.26 bits per heavy atom. The summed E-state index contributed by atoms with van der Waals surface area (Å²) in [6.45, 7) is 3.08. The van der Waals surface area contributed by atoms with Gasteiger partial charge < -0.3 is 10.2 Å². The van der Waals surface area contributed by atoms with Crippen LogP contribution >= 0.6 is 11.3 Å². The Bertz CT molecular complexity index is 612. The summed E-state index contributed by atoms with van der Waals surface area (Å²) >= 11 is 1.61. The van der Waals surface area contributed by atoms with Crippen LogP contribution in [-0.4, -0.2) is 40.7 Å². The van der Waals surface area contributed by atoms with Gasteiger partial charge in [0.25, 0.3) is 0 Å². The number of rotatable bonds is 4. The molecule has 0 aromatic carbocycles. The Labute approximate surface area is 137 Å². The quantitative estimate of drug-likeness (QED) is 0.907. The molecule has 0 saturated heterocycles. The number of thiazole rings is 1. The third-order valence-electron chi connectivity index (χ3n) is 4.45. The van der Waals surface area contributed by atoms with E-state index in [4.69, 9.17) is 0 Å². The summed E-state index contributed by atoms with van der Waals surface area (Å²) in [5.41, 5.74) is 2.74. The molecule has 1 aliphatic heterocycles. The normalized spacial score (nSPS) is 21.3. The predicted octanol–water partition coefficient (Wildman–Crippen LogP) is 1.83. The summed E-state index contributed by atoms with van der Waals surface area (Å²) in [6.07, 6.45) is 0.0295. The van der Waals surface area contributed by atoms with Crippen LogP contribution in [0.25, 0.3) is 0 Å². The van der Waals surface area contributed by atoms with Gasteiger partial charge >= 0.3 is 0 Å². The average molecular weight is 343 g/mol. The molecule has 2 heterocycles. The topological polar surface area (TPSA) is 62.3 Å². The largest absolute Gasteiger partial charge is 0.355 e. The minimum Gasteiger partial charge on any atom is -0.355 e. The molecule has 0 radical (unpaired) electrons. The molecule has 1 fully saturated rings. The second-order valence-corrected chi connectivity index (χ2v) is 7.28. The lowest BCUT2D eigenvalue weighted by Crippen LogP contribution is -2.47. The highest BCUT2D eigenvalue weighted by molar-refractivity contribution is 7.09. The fourth-order valence-corrected chi connectivity index (χ4v) is 3.72. The van der Waals surface area contributed by atoms with Crippen molar-refractivity contribution in [1.29, 1.82) is 0 Å². The van der Waals surface area contributed by atoms with Crippen molar-refractivity contribution in [2.24, 2.45) is 11.8 Å². The zero-order valence-corrected chi connectivity index (χ0v) is 13.7. The lowest BCUT2D eigenvalue weighted by atomic mass is 9.80. The second-order valence-electron chi connectivity index (χ2n) is 6.34. The highest BCUT2D eigenvalue weighted by Crippen LogP contribution is 2.42. The molecule has 1 saturated carbocycles. The van der Waals surface area contributed by atoms with Gasteiger partial charge in [0.1, 0.15) is 0 Å². The van der Waals surface area contributed by atoms with Crippen LogP contribution < -0.4 is 5.32 Å². The maximum absolute atomic E-state index is 12.8. The van der Waals surface area contributed by atoms with Gasteiger partial charge in [-0.2, -0.15) is 0 Å². The first-order chi connectivity index (χ1) is 10.9. The zero-order chi connectivity index (χ0) is 16.6. The zero-order valence-electron chi connectivity index (χ0n) is 12.8. The smallest absolute Gasteiger partial charge is 0.249 e. The Kier molecular flexibility index (Phi) is 4.35. The number of halogens is 2. The molecule has 5 nitrogen and oxygen atoms in total. The van der Waals surface area contributed by atoms with Gasteiger partial charge in [-0.15, -0.1) is 11.3 Å². The van der Waals surface area contributed by atoms with E-state index in [1.54, 1.807) is 28.7 Å². The Balaban J connectivity index is 1.46. The summed E-state index contributed by atoms with van der Waals surface area (Å²) < 4.78 is 25.5. The van der Waals surface area contributed by atoms with Crippen LogP contribution in [0, 0.1) is 11.8 Å². The lowest BCUT2D eigenvalue weighted by Gasteiger charge is -2.34. The third kappa shape index (κ3) is 3.52. The Morgan fingerprint density at radius 1 is 1.52 bits per heavy atom. The van der Waals surface area contributed by atoms with E-state index in [0.29, 0.717) is 13.1 Å². The number of aromatic nitrogens is 1. The molecule has 2 aliphatic rings.